The topological polar surface area (TPSA) is 76.0 Å². The van der Waals surface area contributed by atoms with Crippen LogP contribution in [0, 0.1) is 0 Å². The number of rotatable bonds is 6. The summed E-state index contributed by atoms with van der Waals surface area (Å²) < 4.78 is 2.18. The smallest absolute Gasteiger partial charge is 0.272 e. The zero-order valence-corrected chi connectivity index (χ0v) is 17.8. The zero-order valence-electron chi connectivity index (χ0n) is 17.8. The van der Waals surface area contributed by atoms with Gasteiger partial charge in [-0.1, -0.05) is 67.1 Å². The number of aromatic nitrogens is 2. The van der Waals surface area contributed by atoms with Crippen molar-refractivity contribution in [2.45, 2.75) is 51.7 Å². The van der Waals surface area contributed by atoms with Crippen LogP contribution in [0.1, 0.15) is 47.9 Å². The molecule has 6 nitrogen and oxygen atoms in total. The van der Waals surface area contributed by atoms with E-state index in [1.165, 1.54) is 0 Å². The molecule has 1 aliphatic heterocycles. The summed E-state index contributed by atoms with van der Waals surface area (Å²) in [6.45, 7) is 2.98. The second kappa shape index (κ2) is 9.60. The van der Waals surface area contributed by atoms with E-state index in [0.717, 1.165) is 54.9 Å². The Bertz CT molecular complexity index is 1040. The number of carbonyl (C=O) groups is 2. The summed E-state index contributed by atoms with van der Waals surface area (Å²) in [4.78, 5) is 30.3. The summed E-state index contributed by atoms with van der Waals surface area (Å²) >= 11 is 0. The van der Waals surface area contributed by atoms with Gasteiger partial charge in [-0.25, -0.2) is 4.98 Å². The first-order chi connectivity index (χ1) is 15.1. The van der Waals surface area contributed by atoms with Crippen LogP contribution in [0.2, 0.25) is 0 Å². The second-order valence-corrected chi connectivity index (χ2v) is 7.96. The third-order valence-electron chi connectivity index (χ3n) is 5.67. The molecule has 2 N–H and O–H groups in total. The van der Waals surface area contributed by atoms with Crippen LogP contribution in [0.25, 0.3) is 11.4 Å². The Labute approximate surface area is 182 Å². The molecule has 6 heteroatoms. The lowest BCUT2D eigenvalue weighted by Gasteiger charge is -2.14. The Morgan fingerprint density at radius 2 is 1.71 bits per heavy atom. The summed E-state index contributed by atoms with van der Waals surface area (Å²) in [5.41, 5.74) is 3.41. The fraction of sp³-hybridized carbons (Fsp3) is 0.320. The highest BCUT2D eigenvalue weighted by molar-refractivity contribution is 5.97. The van der Waals surface area contributed by atoms with Crippen molar-refractivity contribution in [3.05, 3.63) is 77.6 Å². The maximum Gasteiger partial charge on any atom is 0.272 e. The molecule has 0 saturated carbocycles. The summed E-state index contributed by atoms with van der Waals surface area (Å²) in [5, 5.41) is 5.72. The van der Waals surface area contributed by atoms with Gasteiger partial charge in [0, 0.05) is 18.7 Å². The molecular weight excluding hydrogens is 388 g/mol. The van der Waals surface area contributed by atoms with Gasteiger partial charge in [-0.15, -0.1) is 0 Å². The second-order valence-electron chi connectivity index (χ2n) is 7.96. The quantitative estimate of drug-likeness (QED) is 0.643. The van der Waals surface area contributed by atoms with E-state index >= 15 is 0 Å². The number of nitrogens with zero attached hydrogens (tertiary/aromatic N) is 2. The van der Waals surface area contributed by atoms with Gasteiger partial charge >= 0.3 is 0 Å². The molecule has 1 aliphatic rings. The van der Waals surface area contributed by atoms with Crippen molar-refractivity contribution in [3.63, 3.8) is 0 Å². The number of benzene rings is 2. The first kappa shape index (κ1) is 20.8. The highest BCUT2D eigenvalue weighted by Crippen LogP contribution is 2.27. The Morgan fingerprint density at radius 1 is 1.00 bits per heavy atom. The standard InChI is InChI=1S/C25H28N4O2/c1-18(24(30)26-17-19-11-5-2-6-12-19)27-25(31)22-21-15-9-4-10-16-29(21)23(28-22)20-13-7-3-8-14-20/h2-3,5-8,11-14,18H,4,9-10,15-17H2,1H3,(H,26,30)(H,27,31). The Morgan fingerprint density at radius 3 is 2.45 bits per heavy atom. The maximum absolute atomic E-state index is 13.1. The Balaban J connectivity index is 1.50. The summed E-state index contributed by atoms with van der Waals surface area (Å²) in [5.74, 6) is 0.310. The average molecular weight is 417 g/mol. The molecule has 0 bridgehead atoms. The molecular formula is C25H28N4O2. The van der Waals surface area contributed by atoms with Gasteiger partial charge in [0.25, 0.3) is 5.91 Å². The van der Waals surface area contributed by atoms with Gasteiger partial charge in [0.05, 0.1) is 5.69 Å². The normalized spacial score (nSPS) is 14.2. The monoisotopic (exact) mass is 416 g/mol. The van der Waals surface area contributed by atoms with E-state index in [9.17, 15) is 9.59 Å². The van der Waals surface area contributed by atoms with Gasteiger partial charge in [0.2, 0.25) is 5.91 Å². The van der Waals surface area contributed by atoms with E-state index in [1.54, 1.807) is 6.92 Å². The fourth-order valence-electron chi connectivity index (χ4n) is 3.98. The third kappa shape index (κ3) is 4.85. The maximum atomic E-state index is 13.1. The minimum absolute atomic E-state index is 0.217. The number of imidazole rings is 1. The molecule has 4 rings (SSSR count). The molecule has 1 atom stereocenters. The number of nitrogens with one attached hydrogen (secondary N) is 2. The van der Waals surface area contributed by atoms with Crippen molar-refractivity contribution >= 4 is 11.8 Å². The third-order valence-corrected chi connectivity index (χ3v) is 5.67. The molecule has 1 aromatic heterocycles. The van der Waals surface area contributed by atoms with Crippen molar-refractivity contribution in [2.24, 2.45) is 0 Å². The van der Waals surface area contributed by atoms with Crippen LogP contribution >= 0.6 is 0 Å². The van der Waals surface area contributed by atoms with E-state index in [4.69, 9.17) is 4.98 Å². The Hall–Kier alpha value is -3.41. The Kier molecular flexibility index (Phi) is 6.46. The molecule has 160 valence electrons. The van der Waals surface area contributed by atoms with Crippen molar-refractivity contribution in [1.29, 1.82) is 0 Å². The highest BCUT2D eigenvalue weighted by atomic mass is 16.2. The number of hydrogen-bond acceptors (Lipinski definition) is 3. The predicted molar refractivity (Wildman–Crippen MR) is 120 cm³/mol. The first-order valence-electron chi connectivity index (χ1n) is 10.9. The average Bonchev–Trinajstić information content (AvgIpc) is 2.99. The molecule has 1 unspecified atom stereocenters. The van der Waals surface area contributed by atoms with Crippen LogP contribution < -0.4 is 10.6 Å². The first-order valence-corrected chi connectivity index (χ1v) is 10.9. The van der Waals surface area contributed by atoms with Gasteiger partial charge in [0.1, 0.15) is 17.6 Å². The highest BCUT2D eigenvalue weighted by Gasteiger charge is 2.26. The lowest BCUT2D eigenvalue weighted by molar-refractivity contribution is -0.122. The fourth-order valence-corrected chi connectivity index (χ4v) is 3.98. The lowest BCUT2D eigenvalue weighted by Crippen LogP contribution is -2.44. The molecule has 0 spiro atoms. The van der Waals surface area contributed by atoms with E-state index in [0.29, 0.717) is 12.2 Å². The van der Waals surface area contributed by atoms with E-state index < -0.39 is 6.04 Å². The van der Waals surface area contributed by atoms with Crippen molar-refractivity contribution < 1.29 is 9.59 Å². The van der Waals surface area contributed by atoms with Crippen LogP contribution in [0.3, 0.4) is 0 Å². The zero-order chi connectivity index (χ0) is 21.6. The minimum Gasteiger partial charge on any atom is -0.350 e. The molecule has 2 aromatic carbocycles. The number of carbonyl (C=O) groups excluding carboxylic acids is 2. The minimum atomic E-state index is -0.653. The van der Waals surface area contributed by atoms with Crippen LogP contribution in [0.4, 0.5) is 0 Å². The van der Waals surface area contributed by atoms with Crippen LogP contribution in [-0.2, 0) is 24.3 Å². The van der Waals surface area contributed by atoms with Crippen molar-refractivity contribution in [3.8, 4) is 11.4 Å². The molecule has 31 heavy (non-hydrogen) atoms. The molecule has 2 heterocycles. The molecule has 0 saturated heterocycles. The van der Waals surface area contributed by atoms with Crippen LogP contribution in [0.5, 0.6) is 0 Å². The predicted octanol–water partition coefficient (Wildman–Crippen LogP) is 3.71. The van der Waals surface area contributed by atoms with Gasteiger partial charge in [-0.05, 0) is 31.7 Å². The van der Waals surface area contributed by atoms with Gasteiger partial charge in [0.15, 0.2) is 0 Å². The summed E-state index contributed by atoms with van der Waals surface area (Å²) in [6.07, 6.45) is 4.06. The van der Waals surface area contributed by atoms with E-state index in [-0.39, 0.29) is 11.8 Å². The molecule has 0 aliphatic carbocycles. The van der Waals surface area contributed by atoms with Crippen LogP contribution in [-0.4, -0.2) is 27.4 Å². The summed E-state index contributed by atoms with van der Waals surface area (Å²) in [7, 11) is 0. The van der Waals surface area contributed by atoms with E-state index in [2.05, 4.69) is 15.2 Å². The van der Waals surface area contributed by atoms with E-state index in [1.807, 2.05) is 60.7 Å². The number of hydrogen-bond donors (Lipinski definition) is 2. The molecule has 2 amide bonds. The summed E-state index contributed by atoms with van der Waals surface area (Å²) in [6, 6.07) is 19.0. The largest absolute Gasteiger partial charge is 0.350 e. The number of amides is 2. The van der Waals surface area contributed by atoms with Gasteiger partial charge in [-0.2, -0.15) is 0 Å². The van der Waals surface area contributed by atoms with Crippen molar-refractivity contribution in [1.82, 2.24) is 20.2 Å². The SMILES string of the molecule is CC(NC(=O)c1nc(-c2ccccc2)n2c1CCCCC2)C(=O)NCc1ccccc1. The number of fused-ring (bicyclic) bond motifs is 1. The van der Waals surface area contributed by atoms with Gasteiger partial charge < -0.3 is 15.2 Å². The lowest BCUT2D eigenvalue weighted by atomic mass is 10.1. The molecule has 3 aromatic rings. The van der Waals surface area contributed by atoms with Crippen LogP contribution in [0.15, 0.2) is 60.7 Å². The van der Waals surface area contributed by atoms with Gasteiger partial charge in [-0.3, -0.25) is 9.59 Å². The van der Waals surface area contributed by atoms with Crippen molar-refractivity contribution in [2.75, 3.05) is 0 Å². The molecule has 0 radical (unpaired) electrons. The molecule has 0 fully saturated rings.